The van der Waals surface area contributed by atoms with Gasteiger partial charge in [-0.2, -0.15) is 0 Å². The van der Waals surface area contributed by atoms with Crippen LogP contribution < -0.4 is 0 Å². The van der Waals surface area contributed by atoms with Crippen molar-refractivity contribution in [3.05, 3.63) is 5.92 Å². The van der Waals surface area contributed by atoms with Crippen LogP contribution in [0.4, 0.5) is 0 Å². The first-order valence-electron chi connectivity index (χ1n) is 3.55. The normalized spacial score (nSPS) is 27.6. The highest BCUT2D eigenvalue weighted by Gasteiger charge is 2.19. The number of rotatable bonds is 0. The van der Waals surface area contributed by atoms with Gasteiger partial charge in [0.25, 0.3) is 0 Å². The fourth-order valence-corrected chi connectivity index (χ4v) is 3.34. The van der Waals surface area contributed by atoms with Gasteiger partial charge < -0.3 is 0 Å². The van der Waals surface area contributed by atoms with Gasteiger partial charge in [0.05, 0.1) is 17.1 Å². The minimum absolute atomic E-state index is 0.0217. The molecule has 1 aliphatic rings. The van der Waals surface area contributed by atoms with Crippen molar-refractivity contribution in [2.45, 2.75) is 26.7 Å². The van der Waals surface area contributed by atoms with Crippen LogP contribution in [0.5, 0.6) is 0 Å². The summed E-state index contributed by atoms with van der Waals surface area (Å²) >= 11 is -0.0217. The van der Waals surface area contributed by atoms with Crippen molar-refractivity contribution in [3.8, 4) is 0 Å². The third kappa shape index (κ3) is 2.40. The fraction of sp³-hybridized carbons (Fsp3) is 0.625. The van der Waals surface area contributed by atoms with E-state index >= 15 is 0 Å². The Morgan fingerprint density at radius 1 is 1.80 bits per heavy atom. The van der Waals surface area contributed by atoms with Crippen molar-refractivity contribution in [3.63, 3.8) is 0 Å². The molecular weight excluding hydrogens is 237 g/mol. The predicted octanol–water partition coefficient (Wildman–Crippen LogP) is 2.76. The molecule has 1 unspecified atom stereocenters. The summed E-state index contributed by atoms with van der Waals surface area (Å²) in [5, 5.41) is 7.55. The molecule has 0 aromatic heterocycles. The van der Waals surface area contributed by atoms with Gasteiger partial charge in [0.15, 0.2) is 0 Å². The Morgan fingerprint density at radius 3 is 3.20 bits per heavy atom. The van der Waals surface area contributed by atoms with E-state index in [9.17, 15) is 0 Å². The Labute approximate surface area is 72.5 Å². The van der Waals surface area contributed by atoms with E-state index in [-0.39, 0.29) is 20.7 Å². The quantitative estimate of drug-likeness (QED) is 0.505. The van der Waals surface area contributed by atoms with Gasteiger partial charge >= 0.3 is 0 Å². The minimum Gasteiger partial charge on any atom is -0.299 e. The molecule has 1 nitrogen and oxygen atoms in total. The van der Waals surface area contributed by atoms with E-state index in [2.05, 4.69) is 17.9 Å². The zero-order valence-corrected chi connectivity index (χ0v) is 8.60. The van der Waals surface area contributed by atoms with E-state index in [4.69, 9.17) is 5.41 Å². The largest absolute Gasteiger partial charge is 0.299 e. The maximum Gasteiger partial charge on any atom is 0.130 e. The number of hydrogen-bond acceptors (Lipinski definition) is 1. The summed E-state index contributed by atoms with van der Waals surface area (Å²) in [7, 11) is 0. The summed E-state index contributed by atoms with van der Waals surface area (Å²) in [6, 6.07) is 0. The molecule has 0 amide bonds. The highest BCUT2D eigenvalue weighted by Crippen LogP contribution is 2.24. The Morgan fingerprint density at radius 2 is 2.50 bits per heavy atom. The Hall–Kier alpha value is 0.140. The molecule has 0 saturated carbocycles. The molecule has 1 N–H and O–H groups in total. The summed E-state index contributed by atoms with van der Waals surface area (Å²) in [5.74, 6) is 2.22. The monoisotopic (exact) mass is 250 g/mol. The van der Waals surface area contributed by atoms with Crippen LogP contribution in [0.3, 0.4) is 0 Å². The molecule has 1 rings (SSSR count). The lowest BCUT2D eigenvalue weighted by Crippen LogP contribution is -2.00. The fourth-order valence-electron chi connectivity index (χ4n) is 1.18. The molecular formula is C8H13IN+. The summed E-state index contributed by atoms with van der Waals surface area (Å²) < 4.78 is 3.30. The number of hydrogen-bond donors (Lipinski definition) is 1. The molecule has 0 aliphatic carbocycles. The van der Waals surface area contributed by atoms with Crippen molar-refractivity contribution in [1.29, 1.82) is 5.41 Å². The van der Waals surface area contributed by atoms with E-state index in [1.165, 1.54) is 12.3 Å². The topological polar surface area (TPSA) is 23.9 Å². The standard InChI is InChI=1S/C8H13IN/c1-6-3-7(2)5-9-8(10)4-6/h5-6,10H,3-4H2,1-2H3/q+1. The second-order valence-corrected chi connectivity index (χ2v) is 5.53. The molecule has 0 radical (unpaired) electrons. The first-order chi connectivity index (χ1) is 4.68. The highest BCUT2D eigenvalue weighted by atomic mass is 127. The number of nitrogens with one attached hydrogen (secondary N) is 1. The minimum atomic E-state index is -0.0217. The molecule has 0 saturated heterocycles. The van der Waals surface area contributed by atoms with Crippen molar-refractivity contribution >= 4 is 28.5 Å². The molecule has 1 aliphatic heterocycles. The third-order valence-corrected chi connectivity index (χ3v) is 4.14. The first kappa shape index (κ1) is 8.24. The van der Waals surface area contributed by atoms with Gasteiger partial charge in [-0.25, -0.2) is 0 Å². The molecule has 0 fully saturated rings. The molecule has 0 aromatic rings. The zero-order valence-electron chi connectivity index (χ0n) is 6.45. The SMILES string of the molecule is C[C+]1C=IC(=N)CC(C)C1. The maximum atomic E-state index is 7.55. The van der Waals surface area contributed by atoms with E-state index < -0.39 is 0 Å². The van der Waals surface area contributed by atoms with Crippen LogP contribution in [0.2, 0.25) is 0 Å². The van der Waals surface area contributed by atoms with Crippen LogP contribution >= 0.6 is 20.7 Å². The van der Waals surface area contributed by atoms with Crippen LogP contribution in [0.1, 0.15) is 26.7 Å². The van der Waals surface area contributed by atoms with Crippen molar-refractivity contribution in [1.82, 2.24) is 0 Å². The van der Waals surface area contributed by atoms with Gasteiger partial charge in [-0.15, -0.1) is 0 Å². The van der Waals surface area contributed by atoms with E-state index in [1.54, 1.807) is 0 Å². The summed E-state index contributed by atoms with van der Waals surface area (Å²) in [6.07, 6.45) is 2.25. The molecule has 1 atom stereocenters. The molecule has 0 spiro atoms. The summed E-state index contributed by atoms with van der Waals surface area (Å²) in [5.41, 5.74) is 0. The lowest BCUT2D eigenvalue weighted by Gasteiger charge is -2.01. The van der Waals surface area contributed by atoms with E-state index in [1.807, 2.05) is 0 Å². The molecule has 56 valence electrons. The lowest BCUT2D eigenvalue weighted by atomic mass is 9.97. The second kappa shape index (κ2) is 3.51. The van der Waals surface area contributed by atoms with Crippen molar-refractivity contribution in [2.75, 3.05) is 0 Å². The lowest BCUT2D eigenvalue weighted by molar-refractivity contribution is 0.590. The average molecular weight is 250 g/mol. The van der Waals surface area contributed by atoms with Crippen LogP contribution in [-0.4, -0.2) is 7.73 Å². The molecule has 1 heterocycles. The summed E-state index contributed by atoms with van der Waals surface area (Å²) in [6.45, 7) is 4.43. The van der Waals surface area contributed by atoms with Gasteiger partial charge in [0.1, 0.15) is 9.93 Å². The summed E-state index contributed by atoms with van der Waals surface area (Å²) in [4.78, 5) is 0. The van der Waals surface area contributed by atoms with Crippen LogP contribution in [0.25, 0.3) is 0 Å². The molecule has 10 heavy (non-hydrogen) atoms. The molecule has 0 bridgehead atoms. The molecule has 2 heteroatoms. The highest BCUT2D eigenvalue weighted by molar-refractivity contribution is 14.2. The van der Waals surface area contributed by atoms with Gasteiger partial charge in [0.2, 0.25) is 0 Å². The maximum absolute atomic E-state index is 7.55. The third-order valence-electron chi connectivity index (χ3n) is 1.57. The van der Waals surface area contributed by atoms with Gasteiger partial charge in [-0.1, -0.05) is 6.92 Å². The van der Waals surface area contributed by atoms with Crippen molar-refractivity contribution in [2.24, 2.45) is 5.92 Å². The predicted molar refractivity (Wildman–Crippen MR) is 55.1 cm³/mol. The van der Waals surface area contributed by atoms with E-state index in [0.717, 1.165) is 10.1 Å². The van der Waals surface area contributed by atoms with Crippen molar-refractivity contribution < 1.29 is 0 Å². The van der Waals surface area contributed by atoms with Crippen LogP contribution in [0.15, 0.2) is 0 Å². The Balaban J connectivity index is 2.60. The van der Waals surface area contributed by atoms with Crippen LogP contribution in [0, 0.1) is 17.2 Å². The Bertz CT molecular complexity index is 163. The number of halogens is 1. The smallest absolute Gasteiger partial charge is 0.130 e. The first-order valence-corrected chi connectivity index (χ1v) is 5.87. The van der Waals surface area contributed by atoms with E-state index in [0.29, 0.717) is 5.92 Å². The van der Waals surface area contributed by atoms with Gasteiger partial charge in [-0.3, -0.25) is 5.41 Å². The second-order valence-electron chi connectivity index (χ2n) is 2.98. The Kier molecular flexibility index (Phi) is 2.89. The average Bonchev–Trinajstić information content (AvgIpc) is 1.93. The van der Waals surface area contributed by atoms with Gasteiger partial charge in [0, 0.05) is 12.3 Å². The molecule has 0 aromatic carbocycles. The zero-order chi connectivity index (χ0) is 7.56. The van der Waals surface area contributed by atoms with Gasteiger partial charge in [-0.05, 0) is 20.7 Å². The van der Waals surface area contributed by atoms with Crippen LogP contribution in [-0.2, 0) is 0 Å².